The normalized spacial score (nSPS) is 42.8. The van der Waals surface area contributed by atoms with Crippen LogP contribution in [0.25, 0.3) is 0 Å². The van der Waals surface area contributed by atoms with E-state index in [1.165, 1.54) is 38.5 Å². The summed E-state index contributed by atoms with van der Waals surface area (Å²) in [6, 6.07) is 0. The summed E-state index contributed by atoms with van der Waals surface area (Å²) in [5.74, 6) is 3.18. The second kappa shape index (κ2) is 4.71. The molecule has 0 unspecified atom stereocenters. The first-order valence-corrected chi connectivity index (χ1v) is 8.54. The highest BCUT2D eigenvalue weighted by Crippen LogP contribution is 2.61. The molecule has 96 valence electrons. The average Bonchev–Trinajstić information content (AvgIpc) is 2.23. The van der Waals surface area contributed by atoms with Crippen LogP contribution >= 0.6 is 22.6 Å². The van der Waals surface area contributed by atoms with E-state index in [4.69, 9.17) is 0 Å². The first-order chi connectivity index (χ1) is 8.19. The van der Waals surface area contributed by atoms with Crippen LogP contribution in [0, 0.1) is 23.2 Å². The molecule has 1 N–H and O–H groups in total. The van der Waals surface area contributed by atoms with Crippen molar-refractivity contribution in [1.82, 2.24) is 5.32 Å². The Morgan fingerprint density at radius 2 is 1.65 bits per heavy atom. The van der Waals surface area contributed by atoms with Crippen LogP contribution in [-0.4, -0.2) is 16.9 Å². The number of hydrogen-bond donors (Lipinski definition) is 1. The summed E-state index contributed by atoms with van der Waals surface area (Å²) in [7, 11) is 0. The Balaban J connectivity index is 1.64. The van der Waals surface area contributed by atoms with Crippen molar-refractivity contribution in [3.63, 3.8) is 0 Å². The second-order valence-corrected chi connectivity index (χ2v) is 7.71. The number of carbonyl (C=O) groups excluding carboxylic acids is 1. The molecule has 3 heteroatoms. The lowest BCUT2D eigenvalue weighted by Gasteiger charge is -2.56. The van der Waals surface area contributed by atoms with Crippen molar-refractivity contribution >= 4 is 28.5 Å². The lowest BCUT2D eigenvalue weighted by Crippen LogP contribution is -2.48. The molecule has 0 heterocycles. The molecule has 0 aliphatic heterocycles. The van der Waals surface area contributed by atoms with Crippen LogP contribution in [0.1, 0.15) is 44.9 Å². The van der Waals surface area contributed by atoms with Gasteiger partial charge < -0.3 is 5.32 Å². The van der Waals surface area contributed by atoms with Crippen molar-refractivity contribution < 1.29 is 4.79 Å². The second-order valence-electron chi connectivity index (χ2n) is 6.63. The lowest BCUT2D eigenvalue weighted by molar-refractivity contribution is -0.129. The molecule has 4 bridgehead atoms. The highest BCUT2D eigenvalue weighted by atomic mass is 127. The van der Waals surface area contributed by atoms with Gasteiger partial charge in [-0.3, -0.25) is 4.79 Å². The molecule has 1 amide bonds. The molecule has 0 spiro atoms. The Kier molecular flexibility index (Phi) is 3.39. The third-order valence-corrected chi connectivity index (χ3v) is 5.66. The molecule has 4 fully saturated rings. The van der Waals surface area contributed by atoms with Gasteiger partial charge in [0, 0.05) is 17.4 Å². The molecule has 4 rings (SSSR count). The fourth-order valence-electron chi connectivity index (χ4n) is 5.10. The van der Waals surface area contributed by atoms with Gasteiger partial charge in [-0.2, -0.15) is 0 Å². The summed E-state index contributed by atoms with van der Waals surface area (Å²) < 4.78 is 1.02. The largest absolute Gasteiger partial charge is 0.355 e. The maximum atomic E-state index is 12.0. The molecule has 4 saturated carbocycles. The number of rotatable bonds is 4. The van der Waals surface area contributed by atoms with E-state index in [1.54, 1.807) is 0 Å². The third-order valence-electron chi connectivity index (χ3n) is 5.12. The van der Waals surface area contributed by atoms with Gasteiger partial charge in [0.1, 0.15) is 0 Å². The van der Waals surface area contributed by atoms with Gasteiger partial charge in [0.25, 0.3) is 0 Å². The van der Waals surface area contributed by atoms with E-state index in [0.717, 1.165) is 35.1 Å². The monoisotopic (exact) mass is 347 g/mol. The van der Waals surface area contributed by atoms with Crippen LogP contribution in [0.5, 0.6) is 0 Å². The molecule has 0 saturated heterocycles. The summed E-state index contributed by atoms with van der Waals surface area (Å²) in [5.41, 5.74) is 0.407. The van der Waals surface area contributed by atoms with Gasteiger partial charge in [-0.15, -0.1) is 0 Å². The average molecular weight is 347 g/mol. The summed E-state index contributed by atoms with van der Waals surface area (Å²) in [6.07, 6.45) is 9.25. The van der Waals surface area contributed by atoms with Crippen LogP contribution in [0.15, 0.2) is 0 Å². The van der Waals surface area contributed by atoms with Gasteiger partial charge in [-0.25, -0.2) is 0 Å². The first kappa shape index (κ1) is 12.2. The van der Waals surface area contributed by atoms with Gasteiger partial charge in [-0.1, -0.05) is 22.6 Å². The Hall–Kier alpha value is 0.200. The summed E-state index contributed by atoms with van der Waals surface area (Å²) in [5, 5.41) is 3.06. The van der Waals surface area contributed by atoms with Crippen LogP contribution in [0.2, 0.25) is 0 Å². The highest BCUT2D eigenvalue weighted by molar-refractivity contribution is 14.1. The Morgan fingerprint density at radius 1 is 1.12 bits per heavy atom. The smallest absolute Gasteiger partial charge is 0.220 e. The van der Waals surface area contributed by atoms with Gasteiger partial charge >= 0.3 is 0 Å². The van der Waals surface area contributed by atoms with E-state index in [9.17, 15) is 4.79 Å². The van der Waals surface area contributed by atoms with Gasteiger partial charge in [0.05, 0.1) is 0 Å². The third kappa shape index (κ3) is 2.49. The van der Waals surface area contributed by atoms with E-state index in [2.05, 4.69) is 27.9 Å². The molecule has 2 nitrogen and oxygen atoms in total. The maximum Gasteiger partial charge on any atom is 0.220 e. The van der Waals surface area contributed by atoms with Gasteiger partial charge in [0.2, 0.25) is 5.91 Å². The minimum atomic E-state index is 0.309. The molecule has 0 radical (unpaired) electrons. The fraction of sp³-hybridized carbons (Fsp3) is 0.929. The first-order valence-electron chi connectivity index (χ1n) is 7.02. The van der Waals surface area contributed by atoms with Crippen molar-refractivity contribution in [2.45, 2.75) is 44.9 Å². The number of hydrogen-bond acceptors (Lipinski definition) is 1. The van der Waals surface area contributed by atoms with Crippen LogP contribution in [0.3, 0.4) is 0 Å². The number of nitrogens with one attached hydrogen (secondary N) is 1. The van der Waals surface area contributed by atoms with Crippen LogP contribution in [-0.2, 0) is 4.79 Å². The Labute approximate surface area is 117 Å². The van der Waals surface area contributed by atoms with Gasteiger partial charge in [0.15, 0.2) is 0 Å². The highest BCUT2D eigenvalue weighted by Gasteiger charge is 2.51. The minimum absolute atomic E-state index is 0.309. The van der Waals surface area contributed by atoms with Crippen LogP contribution in [0.4, 0.5) is 0 Å². The Bertz CT molecular complexity index is 280. The fourth-order valence-corrected chi connectivity index (χ4v) is 5.37. The Morgan fingerprint density at radius 3 is 2.12 bits per heavy atom. The van der Waals surface area contributed by atoms with E-state index in [-0.39, 0.29) is 0 Å². The van der Waals surface area contributed by atoms with E-state index < -0.39 is 0 Å². The van der Waals surface area contributed by atoms with E-state index in [1.807, 2.05) is 0 Å². The molecule has 4 aliphatic carbocycles. The maximum absolute atomic E-state index is 12.0. The summed E-state index contributed by atoms with van der Waals surface area (Å²) in [4.78, 5) is 12.0. The molecule has 17 heavy (non-hydrogen) atoms. The predicted molar refractivity (Wildman–Crippen MR) is 77.1 cm³/mol. The summed E-state index contributed by atoms with van der Waals surface area (Å²) in [6.45, 7) is 0.839. The minimum Gasteiger partial charge on any atom is -0.355 e. The predicted octanol–water partition coefficient (Wildman–Crippen LogP) is 3.14. The number of halogens is 1. The number of amides is 1. The van der Waals surface area contributed by atoms with Crippen molar-refractivity contribution in [3.05, 3.63) is 0 Å². The van der Waals surface area contributed by atoms with Crippen molar-refractivity contribution in [1.29, 1.82) is 0 Å². The molecular weight excluding hydrogens is 325 g/mol. The lowest BCUT2D eigenvalue weighted by atomic mass is 9.49. The zero-order valence-corrected chi connectivity index (χ0v) is 12.5. The van der Waals surface area contributed by atoms with Crippen molar-refractivity contribution in [2.75, 3.05) is 11.0 Å². The number of alkyl halides is 1. The van der Waals surface area contributed by atoms with E-state index in [0.29, 0.717) is 11.3 Å². The number of carbonyl (C=O) groups is 1. The zero-order chi connectivity index (χ0) is 11.9. The molecule has 0 aromatic heterocycles. The quantitative estimate of drug-likeness (QED) is 0.614. The molecule has 0 atom stereocenters. The van der Waals surface area contributed by atoms with Gasteiger partial charge in [-0.05, 0) is 61.7 Å². The molecular formula is C14H22INO. The standard InChI is InChI=1S/C14H22INO/c15-1-2-16-13(17)9-14-6-10-3-11(7-14)5-12(4-10)8-14/h10-12H,1-9H2,(H,16,17). The SMILES string of the molecule is O=C(CC12CC3CC(CC(C3)C1)C2)NCCI. The van der Waals surface area contributed by atoms with Crippen LogP contribution < -0.4 is 5.32 Å². The van der Waals surface area contributed by atoms with Crippen molar-refractivity contribution in [2.24, 2.45) is 23.2 Å². The molecule has 0 aromatic carbocycles. The molecule has 4 aliphatic rings. The summed E-state index contributed by atoms with van der Waals surface area (Å²) >= 11 is 2.31. The van der Waals surface area contributed by atoms with Crippen molar-refractivity contribution in [3.8, 4) is 0 Å². The topological polar surface area (TPSA) is 29.1 Å². The molecule has 0 aromatic rings. The van der Waals surface area contributed by atoms with E-state index >= 15 is 0 Å². The zero-order valence-electron chi connectivity index (χ0n) is 10.4.